The average Bonchev–Trinajstić information content (AvgIpc) is 2.51. The molecule has 0 atom stereocenters. The van der Waals surface area contributed by atoms with Gasteiger partial charge in [0.1, 0.15) is 5.75 Å². The molecule has 1 aromatic rings. The van der Waals surface area contributed by atoms with Gasteiger partial charge in [0.2, 0.25) is 0 Å². The van der Waals surface area contributed by atoms with E-state index in [2.05, 4.69) is 22.0 Å². The molecule has 0 heterocycles. The van der Waals surface area contributed by atoms with E-state index in [9.17, 15) is 5.11 Å². The number of hydrogen-bond acceptors (Lipinski definition) is 2. The van der Waals surface area contributed by atoms with Crippen molar-refractivity contribution >= 4 is 15.9 Å². The molecule has 0 unspecified atom stereocenters. The Morgan fingerprint density at radius 1 is 1.25 bits per heavy atom. The Labute approximate surface area is 105 Å². The van der Waals surface area contributed by atoms with E-state index in [-0.39, 0.29) is 0 Å². The number of hydrogen-bond donors (Lipinski definition) is 2. The van der Waals surface area contributed by atoms with Crippen molar-refractivity contribution in [3.8, 4) is 5.75 Å². The summed E-state index contributed by atoms with van der Waals surface area (Å²) in [5, 5.41) is 10.1. The third-order valence-corrected chi connectivity index (χ3v) is 4.15. The second kappa shape index (κ2) is 5.19. The molecule has 1 aliphatic rings. The maximum Gasteiger partial charge on any atom is 0.133 e. The summed E-state index contributed by atoms with van der Waals surface area (Å²) in [4.78, 5) is 0. The zero-order valence-corrected chi connectivity index (χ0v) is 11.0. The van der Waals surface area contributed by atoms with Crippen LogP contribution in [0.4, 0.5) is 0 Å². The second-order valence-corrected chi connectivity index (χ2v) is 5.23. The monoisotopic (exact) mass is 283 g/mol. The lowest BCUT2D eigenvalue weighted by atomic mass is 9.98. The molecular weight excluding hydrogens is 266 g/mol. The molecule has 0 amide bonds. The smallest absolute Gasteiger partial charge is 0.133 e. The predicted octanol–water partition coefficient (Wildman–Crippen LogP) is 2.92. The number of phenols is 1. The van der Waals surface area contributed by atoms with E-state index in [0.29, 0.717) is 12.3 Å². The van der Waals surface area contributed by atoms with Crippen molar-refractivity contribution in [3.63, 3.8) is 0 Å². The first-order chi connectivity index (χ1) is 7.74. The van der Waals surface area contributed by atoms with Crippen molar-refractivity contribution in [2.45, 2.75) is 38.5 Å². The van der Waals surface area contributed by atoms with Crippen LogP contribution in [0.1, 0.15) is 36.0 Å². The van der Waals surface area contributed by atoms with Crippen LogP contribution in [0.2, 0.25) is 0 Å². The molecule has 0 fully saturated rings. The molecule has 0 spiro atoms. The number of benzene rings is 1. The van der Waals surface area contributed by atoms with Crippen LogP contribution in [0.3, 0.4) is 0 Å². The lowest BCUT2D eigenvalue weighted by Gasteiger charge is -2.14. The third-order valence-electron chi connectivity index (χ3n) is 3.30. The Balaban J connectivity index is 2.46. The van der Waals surface area contributed by atoms with E-state index in [1.54, 1.807) is 0 Å². The van der Waals surface area contributed by atoms with Gasteiger partial charge in [0.05, 0.1) is 4.47 Å². The number of aryl methyl sites for hydroxylation is 1. The molecule has 88 valence electrons. The van der Waals surface area contributed by atoms with Crippen LogP contribution in [0, 0.1) is 0 Å². The van der Waals surface area contributed by atoms with Gasteiger partial charge in [-0.3, -0.25) is 0 Å². The van der Waals surface area contributed by atoms with Gasteiger partial charge in [-0.1, -0.05) is 12.5 Å². The quantitative estimate of drug-likeness (QED) is 0.820. The molecule has 0 bridgehead atoms. The summed E-state index contributed by atoms with van der Waals surface area (Å²) < 4.78 is 0.898. The van der Waals surface area contributed by atoms with Gasteiger partial charge in [0.25, 0.3) is 0 Å². The summed E-state index contributed by atoms with van der Waals surface area (Å²) in [6.45, 7) is 0.582. The molecule has 2 rings (SSSR count). The van der Waals surface area contributed by atoms with Crippen LogP contribution in [0.5, 0.6) is 5.75 Å². The van der Waals surface area contributed by atoms with Crippen LogP contribution < -0.4 is 5.73 Å². The minimum absolute atomic E-state index is 0.395. The lowest BCUT2D eigenvalue weighted by molar-refractivity contribution is 0.463. The normalized spacial score (nSPS) is 15.6. The van der Waals surface area contributed by atoms with Crippen LogP contribution in [0.25, 0.3) is 0 Å². The summed E-state index contributed by atoms with van der Waals surface area (Å²) in [6.07, 6.45) is 6.72. The fraction of sp³-hybridized carbons (Fsp3) is 0.538. The largest absolute Gasteiger partial charge is 0.506 e. The molecule has 0 aliphatic heterocycles. The van der Waals surface area contributed by atoms with Gasteiger partial charge in [-0.2, -0.15) is 0 Å². The Morgan fingerprint density at radius 3 is 2.75 bits per heavy atom. The van der Waals surface area contributed by atoms with Gasteiger partial charge in [-0.15, -0.1) is 0 Å². The molecule has 2 nitrogen and oxygen atoms in total. The molecule has 1 aromatic carbocycles. The maximum atomic E-state index is 10.1. The number of nitrogens with two attached hydrogens (primary N) is 1. The van der Waals surface area contributed by atoms with Crippen molar-refractivity contribution in [1.82, 2.24) is 0 Å². The van der Waals surface area contributed by atoms with E-state index >= 15 is 0 Å². The highest BCUT2D eigenvalue weighted by Gasteiger charge is 2.16. The van der Waals surface area contributed by atoms with Crippen molar-refractivity contribution in [3.05, 3.63) is 27.2 Å². The zero-order valence-electron chi connectivity index (χ0n) is 9.43. The highest BCUT2D eigenvalue weighted by molar-refractivity contribution is 9.10. The lowest BCUT2D eigenvalue weighted by Crippen LogP contribution is -2.05. The van der Waals surface area contributed by atoms with Crippen LogP contribution in [-0.4, -0.2) is 11.7 Å². The zero-order chi connectivity index (χ0) is 11.5. The first kappa shape index (κ1) is 11.9. The van der Waals surface area contributed by atoms with E-state index in [1.165, 1.54) is 30.4 Å². The van der Waals surface area contributed by atoms with E-state index in [1.807, 2.05) is 0 Å². The SMILES string of the molecule is NCCc1cc2c(c(Br)c1O)CCCCC2. The highest BCUT2D eigenvalue weighted by atomic mass is 79.9. The van der Waals surface area contributed by atoms with Gasteiger partial charge in [0, 0.05) is 0 Å². The van der Waals surface area contributed by atoms with Gasteiger partial charge < -0.3 is 10.8 Å². The molecule has 0 saturated carbocycles. The van der Waals surface area contributed by atoms with Crippen LogP contribution >= 0.6 is 15.9 Å². The molecule has 0 radical (unpaired) electrons. The van der Waals surface area contributed by atoms with Gasteiger partial charge in [0.15, 0.2) is 0 Å². The number of fused-ring (bicyclic) bond motifs is 1. The summed E-state index contributed by atoms with van der Waals surface area (Å²) in [5.41, 5.74) is 9.24. The minimum Gasteiger partial charge on any atom is -0.506 e. The second-order valence-electron chi connectivity index (χ2n) is 4.44. The Kier molecular flexibility index (Phi) is 3.87. The molecular formula is C13H18BrNO. The molecule has 16 heavy (non-hydrogen) atoms. The standard InChI is InChI=1S/C13H18BrNO/c14-12-11-5-3-1-2-4-9(11)8-10(6-7-15)13(12)16/h8,16H,1-7,15H2. The summed E-state index contributed by atoms with van der Waals surface area (Å²) in [5.74, 6) is 0.395. The fourth-order valence-corrected chi connectivity index (χ4v) is 3.13. The number of rotatable bonds is 2. The summed E-state index contributed by atoms with van der Waals surface area (Å²) >= 11 is 3.53. The first-order valence-electron chi connectivity index (χ1n) is 5.96. The van der Waals surface area contributed by atoms with Crippen molar-refractivity contribution in [2.75, 3.05) is 6.54 Å². The highest BCUT2D eigenvalue weighted by Crippen LogP contribution is 2.37. The van der Waals surface area contributed by atoms with E-state index in [0.717, 1.165) is 29.3 Å². The van der Waals surface area contributed by atoms with Gasteiger partial charge >= 0.3 is 0 Å². The van der Waals surface area contributed by atoms with E-state index < -0.39 is 0 Å². The Morgan fingerprint density at radius 2 is 2.00 bits per heavy atom. The Bertz CT molecular complexity index is 390. The number of aromatic hydroxyl groups is 1. The van der Waals surface area contributed by atoms with Gasteiger partial charge in [-0.05, 0) is 71.3 Å². The molecule has 1 aliphatic carbocycles. The van der Waals surface area contributed by atoms with Crippen LogP contribution in [-0.2, 0) is 19.3 Å². The summed E-state index contributed by atoms with van der Waals surface area (Å²) in [7, 11) is 0. The maximum absolute atomic E-state index is 10.1. The van der Waals surface area contributed by atoms with Gasteiger partial charge in [-0.25, -0.2) is 0 Å². The van der Waals surface area contributed by atoms with Crippen molar-refractivity contribution in [2.24, 2.45) is 5.73 Å². The summed E-state index contributed by atoms with van der Waals surface area (Å²) in [6, 6.07) is 2.15. The topological polar surface area (TPSA) is 46.2 Å². The van der Waals surface area contributed by atoms with Crippen molar-refractivity contribution < 1.29 is 5.11 Å². The Hall–Kier alpha value is -0.540. The minimum atomic E-state index is 0.395. The molecule has 3 N–H and O–H groups in total. The third kappa shape index (κ3) is 2.25. The first-order valence-corrected chi connectivity index (χ1v) is 6.75. The number of phenolic OH excluding ortho intramolecular Hbond substituents is 1. The molecule has 0 saturated heterocycles. The number of halogens is 1. The molecule has 3 heteroatoms. The van der Waals surface area contributed by atoms with Crippen molar-refractivity contribution in [1.29, 1.82) is 0 Å². The predicted molar refractivity (Wildman–Crippen MR) is 69.8 cm³/mol. The molecule has 0 aromatic heterocycles. The van der Waals surface area contributed by atoms with Crippen LogP contribution in [0.15, 0.2) is 10.5 Å². The van der Waals surface area contributed by atoms with E-state index in [4.69, 9.17) is 5.73 Å². The average molecular weight is 284 g/mol. The fourth-order valence-electron chi connectivity index (χ4n) is 2.42.